The summed E-state index contributed by atoms with van der Waals surface area (Å²) in [6.07, 6.45) is 13.5. The molecule has 7 heterocycles. The average Bonchev–Trinajstić information content (AvgIpc) is 4.11. The van der Waals surface area contributed by atoms with E-state index in [4.69, 9.17) is 4.74 Å². The molecule has 74 heavy (non-hydrogen) atoms. The second-order valence-electron chi connectivity index (χ2n) is 23.1. The van der Waals surface area contributed by atoms with Crippen molar-refractivity contribution in [3.8, 4) is 0 Å². The zero-order valence-corrected chi connectivity index (χ0v) is 45.1. The van der Waals surface area contributed by atoms with Gasteiger partial charge in [0.25, 0.3) is 0 Å². The van der Waals surface area contributed by atoms with Crippen LogP contribution in [0.25, 0.3) is 0 Å². The summed E-state index contributed by atoms with van der Waals surface area (Å²) in [4.78, 5) is 111. The molecule has 8 amide bonds. The normalized spacial score (nSPS) is 35.0. The van der Waals surface area contributed by atoms with Gasteiger partial charge in [-0.15, -0.1) is 11.8 Å². The number of rotatable bonds is 15. The third kappa shape index (κ3) is 12.6. The van der Waals surface area contributed by atoms with Gasteiger partial charge >= 0.3 is 0 Å². The Kier molecular flexibility index (Phi) is 17.8. The Morgan fingerprint density at radius 3 is 2.16 bits per heavy atom. The summed E-state index contributed by atoms with van der Waals surface area (Å²) in [7, 11) is -1.33. The maximum Gasteiger partial charge on any atom is 0.249 e. The lowest BCUT2D eigenvalue weighted by Gasteiger charge is -2.43. The molecule has 12 unspecified atom stereocenters. The van der Waals surface area contributed by atoms with Gasteiger partial charge in [0.05, 0.1) is 49.4 Å². The van der Waals surface area contributed by atoms with E-state index in [1.54, 1.807) is 18.7 Å². The quantitative estimate of drug-likeness (QED) is 0.139. The molecule has 2 saturated carbocycles. The van der Waals surface area contributed by atoms with E-state index < -0.39 is 57.6 Å². The summed E-state index contributed by atoms with van der Waals surface area (Å²) >= 11 is 1.69. The molecule has 21 nitrogen and oxygen atoms in total. The van der Waals surface area contributed by atoms with Crippen molar-refractivity contribution in [1.29, 1.82) is 0 Å². The highest BCUT2D eigenvalue weighted by Crippen LogP contribution is 2.43. The van der Waals surface area contributed by atoms with Crippen LogP contribution >= 0.6 is 11.8 Å². The van der Waals surface area contributed by atoms with Crippen LogP contribution in [0.2, 0.25) is 0 Å². The first kappa shape index (κ1) is 55.0. The molecule has 7 saturated heterocycles. The SMILES string of the molecule is CC1CC(C(=O)NCC(=O)NC2NC(C3CCCC(C4CCNC(N(C)CC(=O)N5CCC(C6CCN(C(=O)COC7CCCC8C(=O)N(C9CCC(=O)NC9=O)C(=O)C78)CC6)CC5)C4)C3)CS2)CN1S(C)(=O)=O. The number of hydrogen-bond acceptors (Lipinski definition) is 15. The van der Waals surface area contributed by atoms with Crippen LogP contribution in [0.1, 0.15) is 110 Å². The number of sulfonamides is 1. The summed E-state index contributed by atoms with van der Waals surface area (Å²) in [6.45, 7) is 5.64. The van der Waals surface area contributed by atoms with E-state index in [-0.39, 0.29) is 85.8 Å². The molecule has 5 N–H and O–H groups in total. The van der Waals surface area contributed by atoms with Gasteiger partial charge in [-0.2, -0.15) is 4.31 Å². The molecule has 0 radical (unpaired) electrons. The Morgan fingerprint density at radius 2 is 1.47 bits per heavy atom. The van der Waals surface area contributed by atoms with Crippen LogP contribution in [0.5, 0.6) is 0 Å². The van der Waals surface area contributed by atoms with Gasteiger partial charge in [0.1, 0.15) is 18.1 Å². The standard InChI is InChI=1S/C51H80N10O11S2/c1-30-22-36(26-60(30)74(3,70)71)47(66)53-25-43(63)56-51-54-38(29-73-51)35-7-4-6-33(23-35)34-12-17-52-41(24-34)57(2)27-44(64)58-18-13-31(14-19-58)32-15-20-59(21-16-32)45(65)28-72-40-9-5-8-37-46(40)50(69)61(49(37)68)39-10-11-42(62)55-48(39)67/h30-41,46,51-52,54H,4-29H2,1-3H3,(H,53,66)(H,56,63)(H,55,62,67). The minimum absolute atomic E-state index is 0.0672. The van der Waals surface area contributed by atoms with Crippen LogP contribution in [0.15, 0.2) is 0 Å². The first-order valence-corrected chi connectivity index (χ1v) is 30.5. The van der Waals surface area contributed by atoms with Crippen molar-refractivity contribution in [1.82, 2.24) is 50.5 Å². The topological polar surface area (TPSA) is 256 Å². The van der Waals surface area contributed by atoms with Crippen LogP contribution in [0, 0.1) is 47.3 Å². The lowest BCUT2D eigenvalue weighted by molar-refractivity contribution is -0.153. The molecule has 0 spiro atoms. The largest absolute Gasteiger partial charge is 0.368 e. The van der Waals surface area contributed by atoms with Crippen LogP contribution in [-0.2, 0) is 53.1 Å². The number of hydrogen-bond donors (Lipinski definition) is 5. The van der Waals surface area contributed by atoms with Crippen molar-refractivity contribution >= 4 is 69.0 Å². The van der Waals surface area contributed by atoms with E-state index in [9.17, 15) is 46.8 Å². The number of carbonyl (C=O) groups excluding carboxylic acids is 8. The molecule has 412 valence electrons. The number of imide groups is 2. The molecule has 0 aromatic heterocycles. The minimum Gasteiger partial charge on any atom is -0.368 e. The number of ether oxygens (including phenoxy) is 1. The van der Waals surface area contributed by atoms with Crippen molar-refractivity contribution in [3.63, 3.8) is 0 Å². The second kappa shape index (κ2) is 23.9. The number of carbonyl (C=O) groups is 8. The van der Waals surface area contributed by atoms with E-state index in [1.165, 1.54) is 17.1 Å². The Bertz CT molecular complexity index is 2240. The molecule has 7 aliphatic heterocycles. The third-order valence-electron chi connectivity index (χ3n) is 18.5. The predicted molar refractivity (Wildman–Crippen MR) is 273 cm³/mol. The van der Waals surface area contributed by atoms with Gasteiger partial charge in [-0.05, 0) is 127 Å². The number of thioether (sulfide) groups is 1. The zero-order chi connectivity index (χ0) is 52.4. The molecule has 0 bridgehead atoms. The highest BCUT2D eigenvalue weighted by Gasteiger charge is 2.56. The fourth-order valence-electron chi connectivity index (χ4n) is 14.3. The molecular weight excluding hydrogens is 993 g/mol. The van der Waals surface area contributed by atoms with Gasteiger partial charge < -0.3 is 30.5 Å². The van der Waals surface area contributed by atoms with Crippen molar-refractivity contribution in [2.24, 2.45) is 47.3 Å². The highest BCUT2D eigenvalue weighted by atomic mass is 32.2. The molecule has 9 aliphatic rings. The summed E-state index contributed by atoms with van der Waals surface area (Å²) in [5.41, 5.74) is -0.231. The number of nitrogens with zero attached hydrogens (tertiary/aromatic N) is 5. The highest BCUT2D eigenvalue weighted by molar-refractivity contribution is 8.00. The molecule has 9 fully saturated rings. The molecule has 12 atom stereocenters. The fraction of sp³-hybridized carbons (Fsp3) is 0.843. The minimum atomic E-state index is -3.40. The maximum atomic E-state index is 13.7. The number of nitrogens with one attached hydrogen (secondary N) is 5. The molecule has 9 rings (SSSR count). The van der Waals surface area contributed by atoms with E-state index in [0.29, 0.717) is 74.9 Å². The van der Waals surface area contributed by atoms with Gasteiger partial charge in [-0.3, -0.25) is 58.8 Å². The van der Waals surface area contributed by atoms with Gasteiger partial charge in [0, 0.05) is 57.0 Å². The Balaban J connectivity index is 0.650. The number of likely N-dealkylation sites (N-methyl/N-ethyl adjacent to an activating group) is 1. The molecular formula is C51H80N10O11S2. The maximum absolute atomic E-state index is 13.7. The third-order valence-corrected chi connectivity index (χ3v) is 21.0. The van der Waals surface area contributed by atoms with Crippen molar-refractivity contribution in [2.45, 2.75) is 146 Å². The van der Waals surface area contributed by atoms with Crippen LogP contribution in [0.4, 0.5) is 0 Å². The van der Waals surface area contributed by atoms with Gasteiger partial charge in [-0.25, -0.2) is 8.42 Å². The molecule has 0 aromatic rings. The lowest BCUT2D eigenvalue weighted by atomic mass is 9.70. The summed E-state index contributed by atoms with van der Waals surface area (Å²) in [5, 5.41) is 15.3. The number of piperidine rings is 4. The van der Waals surface area contributed by atoms with Crippen LogP contribution in [-0.4, -0.2) is 193 Å². The van der Waals surface area contributed by atoms with Crippen molar-refractivity contribution in [3.05, 3.63) is 0 Å². The zero-order valence-electron chi connectivity index (χ0n) is 43.5. The monoisotopic (exact) mass is 1070 g/mol. The first-order chi connectivity index (χ1) is 35.4. The van der Waals surface area contributed by atoms with Crippen molar-refractivity contribution in [2.75, 3.05) is 78.0 Å². The molecule has 2 aliphatic carbocycles. The van der Waals surface area contributed by atoms with E-state index in [1.807, 2.05) is 9.80 Å². The smallest absolute Gasteiger partial charge is 0.249 e. The second-order valence-corrected chi connectivity index (χ2v) is 26.2. The Labute approximate surface area is 440 Å². The Hall–Kier alpha value is -3.74. The summed E-state index contributed by atoms with van der Waals surface area (Å²) < 4.78 is 31.6. The summed E-state index contributed by atoms with van der Waals surface area (Å²) in [5.74, 6) is -0.634. The molecule has 23 heteroatoms. The Morgan fingerprint density at radius 1 is 0.797 bits per heavy atom. The molecule has 0 aromatic carbocycles. The number of fused-ring (bicyclic) bond motifs is 1. The van der Waals surface area contributed by atoms with Crippen LogP contribution < -0.4 is 26.6 Å². The summed E-state index contributed by atoms with van der Waals surface area (Å²) in [6, 6.07) is -0.961. The average molecular weight is 1070 g/mol. The van der Waals surface area contributed by atoms with E-state index >= 15 is 0 Å². The predicted octanol–water partition coefficient (Wildman–Crippen LogP) is 0.394. The van der Waals surface area contributed by atoms with Crippen molar-refractivity contribution < 1.29 is 51.5 Å². The van der Waals surface area contributed by atoms with Crippen LogP contribution in [0.3, 0.4) is 0 Å². The van der Waals surface area contributed by atoms with E-state index in [0.717, 1.165) is 87.9 Å². The van der Waals surface area contributed by atoms with Gasteiger partial charge in [0.2, 0.25) is 57.3 Å². The fourth-order valence-corrected chi connectivity index (χ4v) is 16.8. The van der Waals surface area contributed by atoms with E-state index in [2.05, 4.69) is 38.5 Å². The first-order valence-electron chi connectivity index (χ1n) is 27.6. The van der Waals surface area contributed by atoms with Gasteiger partial charge in [-0.1, -0.05) is 19.3 Å². The lowest BCUT2D eigenvalue weighted by Crippen LogP contribution is -2.54. The van der Waals surface area contributed by atoms with Gasteiger partial charge in [0.15, 0.2) is 0 Å². The number of amides is 8. The number of likely N-dealkylation sites (tertiary alicyclic amines) is 3.